The fourth-order valence-electron chi connectivity index (χ4n) is 2.75. The summed E-state index contributed by atoms with van der Waals surface area (Å²) in [5.41, 5.74) is 5.66. The Hall–Kier alpha value is -0.200. The molecule has 0 spiro atoms. The SMILES string of the molecule is COC(CN)CN1CCC(N2CCOCC2)C1. The van der Waals surface area contributed by atoms with Crippen molar-refractivity contribution < 1.29 is 9.47 Å². The lowest BCUT2D eigenvalue weighted by Gasteiger charge is -2.32. The molecule has 2 atom stereocenters. The number of likely N-dealkylation sites (tertiary alicyclic amines) is 1. The molecule has 0 aliphatic carbocycles. The van der Waals surface area contributed by atoms with Crippen LogP contribution in [0.2, 0.25) is 0 Å². The fourth-order valence-corrected chi connectivity index (χ4v) is 2.75. The van der Waals surface area contributed by atoms with Crippen molar-refractivity contribution in [3.63, 3.8) is 0 Å². The number of nitrogens with zero attached hydrogens (tertiary/aromatic N) is 2. The summed E-state index contributed by atoms with van der Waals surface area (Å²) >= 11 is 0. The average molecular weight is 243 g/mol. The molecule has 0 bridgehead atoms. The minimum Gasteiger partial charge on any atom is -0.379 e. The quantitative estimate of drug-likeness (QED) is 0.696. The van der Waals surface area contributed by atoms with Crippen molar-refractivity contribution in [2.45, 2.75) is 18.6 Å². The molecular weight excluding hydrogens is 218 g/mol. The number of hydrogen-bond donors (Lipinski definition) is 1. The summed E-state index contributed by atoms with van der Waals surface area (Å²) in [5, 5.41) is 0. The van der Waals surface area contributed by atoms with Gasteiger partial charge in [-0.3, -0.25) is 9.80 Å². The Morgan fingerprint density at radius 2 is 2.12 bits per heavy atom. The van der Waals surface area contributed by atoms with Crippen LogP contribution >= 0.6 is 0 Å². The molecule has 100 valence electrons. The van der Waals surface area contributed by atoms with E-state index in [4.69, 9.17) is 15.2 Å². The lowest BCUT2D eigenvalue weighted by Crippen LogP contribution is -2.45. The van der Waals surface area contributed by atoms with Crippen LogP contribution in [0.5, 0.6) is 0 Å². The second kappa shape index (κ2) is 6.66. The van der Waals surface area contributed by atoms with Gasteiger partial charge in [0.25, 0.3) is 0 Å². The van der Waals surface area contributed by atoms with Gasteiger partial charge in [-0.15, -0.1) is 0 Å². The van der Waals surface area contributed by atoms with Crippen molar-refractivity contribution in [2.75, 3.05) is 59.6 Å². The van der Waals surface area contributed by atoms with Gasteiger partial charge in [0.2, 0.25) is 0 Å². The molecule has 2 rings (SSSR count). The van der Waals surface area contributed by atoms with Crippen LogP contribution in [0.15, 0.2) is 0 Å². The fraction of sp³-hybridized carbons (Fsp3) is 1.00. The monoisotopic (exact) mass is 243 g/mol. The third kappa shape index (κ3) is 3.63. The van der Waals surface area contributed by atoms with E-state index in [1.807, 2.05) is 0 Å². The van der Waals surface area contributed by atoms with Crippen LogP contribution in [0.25, 0.3) is 0 Å². The normalized spacial score (nSPS) is 29.6. The van der Waals surface area contributed by atoms with Crippen molar-refractivity contribution in [3.05, 3.63) is 0 Å². The van der Waals surface area contributed by atoms with Gasteiger partial charge in [0.1, 0.15) is 0 Å². The summed E-state index contributed by atoms with van der Waals surface area (Å²) in [6.45, 7) is 7.84. The topological polar surface area (TPSA) is 51.0 Å². The molecule has 2 heterocycles. The van der Waals surface area contributed by atoms with E-state index in [0.717, 1.165) is 39.4 Å². The molecule has 2 saturated heterocycles. The van der Waals surface area contributed by atoms with Crippen molar-refractivity contribution in [3.8, 4) is 0 Å². The Bertz CT molecular complexity index is 218. The van der Waals surface area contributed by atoms with E-state index in [1.54, 1.807) is 7.11 Å². The predicted octanol–water partition coefficient (Wildman–Crippen LogP) is -0.633. The first-order chi connectivity index (χ1) is 8.33. The molecule has 2 N–H and O–H groups in total. The highest BCUT2D eigenvalue weighted by atomic mass is 16.5. The maximum atomic E-state index is 5.66. The zero-order valence-corrected chi connectivity index (χ0v) is 10.8. The van der Waals surface area contributed by atoms with Gasteiger partial charge < -0.3 is 15.2 Å². The first kappa shape index (κ1) is 13.2. The molecule has 2 aliphatic heterocycles. The van der Waals surface area contributed by atoms with E-state index in [2.05, 4.69) is 9.80 Å². The summed E-state index contributed by atoms with van der Waals surface area (Å²) < 4.78 is 10.7. The molecule has 2 aliphatic rings. The molecule has 0 radical (unpaired) electrons. The number of morpholine rings is 1. The molecule has 0 aromatic heterocycles. The van der Waals surface area contributed by atoms with Crippen LogP contribution in [0.1, 0.15) is 6.42 Å². The number of hydrogen-bond acceptors (Lipinski definition) is 5. The molecule has 0 saturated carbocycles. The standard InChI is InChI=1S/C12H25N3O2/c1-16-12(8-13)10-14-3-2-11(9-14)15-4-6-17-7-5-15/h11-12H,2-10,13H2,1H3. The van der Waals surface area contributed by atoms with Crippen LogP contribution in [0.3, 0.4) is 0 Å². The molecule has 5 heteroatoms. The lowest BCUT2D eigenvalue weighted by molar-refractivity contribution is 0.0167. The molecule has 5 nitrogen and oxygen atoms in total. The Morgan fingerprint density at radius 3 is 2.76 bits per heavy atom. The first-order valence-electron chi connectivity index (χ1n) is 6.60. The van der Waals surface area contributed by atoms with E-state index >= 15 is 0 Å². The van der Waals surface area contributed by atoms with Gasteiger partial charge in [-0.25, -0.2) is 0 Å². The third-order valence-corrected chi connectivity index (χ3v) is 3.87. The van der Waals surface area contributed by atoms with Gasteiger partial charge in [0.05, 0.1) is 19.3 Å². The van der Waals surface area contributed by atoms with Gasteiger partial charge in [-0.2, -0.15) is 0 Å². The molecule has 0 aromatic rings. The summed E-state index contributed by atoms with van der Waals surface area (Å²) in [7, 11) is 1.74. The second-order valence-corrected chi connectivity index (χ2v) is 4.94. The Morgan fingerprint density at radius 1 is 1.35 bits per heavy atom. The van der Waals surface area contributed by atoms with Crippen molar-refractivity contribution in [1.29, 1.82) is 0 Å². The van der Waals surface area contributed by atoms with Gasteiger partial charge in [-0.05, 0) is 13.0 Å². The number of nitrogens with two attached hydrogens (primary N) is 1. The molecule has 2 fully saturated rings. The largest absolute Gasteiger partial charge is 0.379 e. The number of ether oxygens (including phenoxy) is 2. The highest BCUT2D eigenvalue weighted by Gasteiger charge is 2.29. The highest BCUT2D eigenvalue weighted by molar-refractivity contribution is 4.85. The van der Waals surface area contributed by atoms with Gasteiger partial charge in [0, 0.05) is 45.9 Å². The van der Waals surface area contributed by atoms with E-state index < -0.39 is 0 Å². The smallest absolute Gasteiger partial charge is 0.0820 e. The maximum Gasteiger partial charge on any atom is 0.0820 e. The zero-order valence-electron chi connectivity index (χ0n) is 10.8. The first-order valence-corrected chi connectivity index (χ1v) is 6.60. The molecule has 0 aromatic carbocycles. The van der Waals surface area contributed by atoms with E-state index in [0.29, 0.717) is 12.6 Å². The third-order valence-electron chi connectivity index (χ3n) is 3.87. The van der Waals surface area contributed by atoms with Crippen LogP contribution in [-0.4, -0.2) is 81.5 Å². The van der Waals surface area contributed by atoms with E-state index in [-0.39, 0.29) is 6.10 Å². The highest BCUT2D eigenvalue weighted by Crippen LogP contribution is 2.17. The molecule has 2 unspecified atom stereocenters. The molecule has 17 heavy (non-hydrogen) atoms. The van der Waals surface area contributed by atoms with E-state index in [1.165, 1.54) is 13.0 Å². The maximum absolute atomic E-state index is 5.66. The Labute approximate surface area is 104 Å². The average Bonchev–Trinajstić information content (AvgIpc) is 2.85. The van der Waals surface area contributed by atoms with Crippen LogP contribution in [0.4, 0.5) is 0 Å². The van der Waals surface area contributed by atoms with Gasteiger partial charge in [0.15, 0.2) is 0 Å². The van der Waals surface area contributed by atoms with Crippen LogP contribution < -0.4 is 5.73 Å². The van der Waals surface area contributed by atoms with Gasteiger partial charge >= 0.3 is 0 Å². The summed E-state index contributed by atoms with van der Waals surface area (Å²) in [5.74, 6) is 0. The summed E-state index contributed by atoms with van der Waals surface area (Å²) in [6.07, 6.45) is 1.44. The van der Waals surface area contributed by atoms with Crippen LogP contribution in [-0.2, 0) is 9.47 Å². The Balaban J connectivity index is 1.74. The predicted molar refractivity (Wildman–Crippen MR) is 67.1 cm³/mol. The molecule has 0 amide bonds. The minimum atomic E-state index is 0.179. The summed E-state index contributed by atoms with van der Waals surface area (Å²) in [4.78, 5) is 5.04. The van der Waals surface area contributed by atoms with E-state index in [9.17, 15) is 0 Å². The number of methoxy groups -OCH3 is 1. The lowest BCUT2D eigenvalue weighted by atomic mass is 10.2. The zero-order chi connectivity index (χ0) is 12.1. The van der Waals surface area contributed by atoms with Crippen molar-refractivity contribution in [1.82, 2.24) is 9.80 Å². The Kier molecular flexibility index (Phi) is 5.18. The van der Waals surface area contributed by atoms with Crippen molar-refractivity contribution >= 4 is 0 Å². The molecular formula is C12H25N3O2. The summed E-state index contributed by atoms with van der Waals surface area (Å²) in [6, 6.07) is 0.703. The second-order valence-electron chi connectivity index (χ2n) is 4.94. The van der Waals surface area contributed by atoms with Crippen LogP contribution in [0, 0.1) is 0 Å². The van der Waals surface area contributed by atoms with Gasteiger partial charge in [-0.1, -0.05) is 0 Å². The van der Waals surface area contributed by atoms with Crippen molar-refractivity contribution in [2.24, 2.45) is 5.73 Å². The number of rotatable bonds is 5. The minimum absolute atomic E-state index is 0.179.